The maximum absolute atomic E-state index is 14.7. The van der Waals surface area contributed by atoms with Gasteiger partial charge in [-0.15, -0.1) is 0 Å². The van der Waals surface area contributed by atoms with Gasteiger partial charge in [0.25, 0.3) is 0 Å². The van der Waals surface area contributed by atoms with Gasteiger partial charge in [0.15, 0.2) is 6.17 Å². The van der Waals surface area contributed by atoms with E-state index in [1.165, 1.54) is 0 Å². The molecule has 142 valence electrons. The van der Waals surface area contributed by atoms with Crippen molar-refractivity contribution in [2.24, 2.45) is 11.8 Å². The molecule has 5 atom stereocenters. The van der Waals surface area contributed by atoms with Crippen LogP contribution in [0, 0.1) is 11.8 Å². The summed E-state index contributed by atoms with van der Waals surface area (Å²) in [4.78, 5) is 10.5. The Labute approximate surface area is 149 Å². The van der Waals surface area contributed by atoms with Crippen molar-refractivity contribution in [3.05, 3.63) is 24.0 Å². The molecule has 0 aromatic heterocycles. The molecule has 2 fully saturated rings. The molecular formula is C20H31FO4. The number of ether oxygens (including phenoxy) is 1. The van der Waals surface area contributed by atoms with E-state index in [1.807, 2.05) is 12.2 Å². The van der Waals surface area contributed by atoms with Crippen LogP contribution in [0.25, 0.3) is 0 Å². The fourth-order valence-electron chi connectivity index (χ4n) is 3.84. The summed E-state index contributed by atoms with van der Waals surface area (Å²) in [7, 11) is 0. The van der Waals surface area contributed by atoms with Crippen LogP contribution in [-0.2, 0) is 9.53 Å². The maximum Gasteiger partial charge on any atom is 0.303 e. The molecule has 0 bridgehead atoms. The summed E-state index contributed by atoms with van der Waals surface area (Å²) in [6, 6.07) is 0. The number of carboxylic acid groups (broad SMARTS) is 1. The molecule has 2 aliphatic rings. The van der Waals surface area contributed by atoms with Crippen LogP contribution in [0.1, 0.15) is 64.7 Å². The molecule has 2 N–H and O–H groups in total. The molecule has 4 nitrogen and oxygen atoms in total. The van der Waals surface area contributed by atoms with Gasteiger partial charge in [-0.05, 0) is 44.1 Å². The van der Waals surface area contributed by atoms with Crippen LogP contribution >= 0.6 is 0 Å². The first-order chi connectivity index (χ1) is 12.0. The van der Waals surface area contributed by atoms with Gasteiger partial charge in [-0.3, -0.25) is 4.79 Å². The van der Waals surface area contributed by atoms with E-state index in [-0.39, 0.29) is 24.4 Å². The Morgan fingerprint density at radius 1 is 1.36 bits per heavy atom. The smallest absolute Gasteiger partial charge is 0.303 e. The number of aliphatic hydroxyl groups excluding tert-OH is 1. The first-order valence-electron chi connectivity index (χ1n) is 9.61. The summed E-state index contributed by atoms with van der Waals surface area (Å²) in [5, 5.41) is 18.7. The Morgan fingerprint density at radius 2 is 2.16 bits per heavy atom. The van der Waals surface area contributed by atoms with Gasteiger partial charge in [0.1, 0.15) is 11.9 Å². The van der Waals surface area contributed by atoms with Crippen LogP contribution in [0.15, 0.2) is 24.0 Å². The van der Waals surface area contributed by atoms with Crippen LogP contribution in [0.3, 0.4) is 0 Å². The second-order valence-electron chi connectivity index (χ2n) is 7.22. The quantitative estimate of drug-likeness (QED) is 0.451. The lowest BCUT2D eigenvalue weighted by molar-refractivity contribution is -0.137. The molecule has 2 rings (SSSR count). The zero-order chi connectivity index (χ0) is 18.2. The first kappa shape index (κ1) is 20.0. The number of rotatable bonds is 10. The molecular weight excluding hydrogens is 323 g/mol. The van der Waals surface area contributed by atoms with Gasteiger partial charge < -0.3 is 14.9 Å². The van der Waals surface area contributed by atoms with Gasteiger partial charge in [-0.25, -0.2) is 4.39 Å². The van der Waals surface area contributed by atoms with Crippen molar-refractivity contribution in [1.29, 1.82) is 0 Å². The average molecular weight is 354 g/mol. The summed E-state index contributed by atoms with van der Waals surface area (Å²) < 4.78 is 20.5. The van der Waals surface area contributed by atoms with Gasteiger partial charge in [-0.2, -0.15) is 0 Å². The predicted octanol–water partition coefficient (Wildman–Crippen LogP) is 4.39. The van der Waals surface area contributed by atoms with E-state index in [9.17, 15) is 14.3 Å². The number of hydrogen-bond donors (Lipinski definition) is 2. The van der Waals surface area contributed by atoms with E-state index >= 15 is 0 Å². The van der Waals surface area contributed by atoms with Crippen molar-refractivity contribution in [3.8, 4) is 0 Å². The SMILES string of the molecule is CCCCC[C@H](O)C=C[C@H]1CC[C@H]2OC(=CCCCC(=O)O)[C@@H](F)[C@H]12. The van der Waals surface area contributed by atoms with E-state index in [1.54, 1.807) is 6.08 Å². The maximum atomic E-state index is 14.7. The lowest BCUT2D eigenvalue weighted by Gasteiger charge is -2.15. The highest BCUT2D eigenvalue weighted by atomic mass is 19.1. The summed E-state index contributed by atoms with van der Waals surface area (Å²) >= 11 is 0. The number of allylic oxidation sites excluding steroid dienone is 3. The fourth-order valence-corrected chi connectivity index (χ4v) is 3.84. The van der Waals surface area contributed by atoms with Gasteiger partial charge in [0.2, 0.25) is 0 Å². The highest BCUT2D eigenvalue weighted by Gasteiger charge is 2.49. The number of aliphatic hydroxyl groups is 1. The molecule has 1 saturated heterocycles. The third kappa shape index (κ3) is 5.84. The lowest BCUT2D eigenvalue weighted by atomic mass is 9.90. The molecule has 0 unspecified atom stereocenters. The Morgan fingerprint density at radius 3 is 2.88 bits per heavy atom. The van der Waals surface area contributed by atoms with Crippen LogP contribution in [0.4, 0.5) is 4.39 Å². The fraction of sp³-hybridized carbons (Fsp3) is 0.750. The minimum atomic E-state index is -1.12. The molecule has 0 aromatic rings. The van der Waals surface area contributed by atoms with Crippen LogP contribution in [-0.4, -0.2) is 34.6 Å². The number of unbranched alkanes of at least 4 members (excludes halogenated alkanes) is 3. The Balaban J connectivity index is 1.84. The van der Waals surface area contributed by atoms with E-state index in [0.29, 0.717) is 18.6 Å². The van der Waals surface area contributed by atoms with Crippen LogP contribution in [0.5, 0.6) is 0 Å². The topological polar surface area (TPSA) is 66.8 Å². The third-order valence-electron chi connectivity index (χ3n) is 5.23. The molecule has 0 spiro atoms. The third-order valence-corrected chi connectivity index (χ3v) is 5.23. The molecule has 5 heteroatoms. The molecule has 1 aliphatic carbocycles. The summed E-state index contributed by atoms with van der Waals surface area (Å²) in [5.41, 5.74) is 0. The zero-order valence-electron chi connectivity index (χ0n) is 15.1. The van der Waals surface area contributed by atoms with Crippen molar-refractivity contribution in [3.63, 3.8) is 0 Å². The Kier molecular flexibility index (Phi) is 7.94. The highest BCUT2D eigenvalue weighted by molar-refractivity contribution is 5.66. The van der Waals surface area contributed by atoms with Crippen molar-refractivity contribution in [2.45, 2.75) is 83.1 Å². The molecule has 0 radical (unpaired) electrons. The summed E-state index contributed by atoms with van der Waals surface area (Å²) in [5.74, 6) is -0.528. The van der Waals surface area contributed by atoms with Crippen molar-refractivity contribution in [2.75, 3.05) is 0 Å². The standard InChI is InChI=1S/C20H31FO4/c1-2-3-4-7-15(22)12-10-14-11-13-16-19(14)20(21)17(25-16)8-5-6-9-18(23)24/h8,10,12,14-16,19-20,22H,2-7,9,11,13H2,1H3,(H,23,24)/t14-,15-,16+,19+,20+/m0/s1. The van der Waals surface area contributed by atoms with Crippen molar-refractivity contribution >= 4 is 5.97 Å². The average Bonchev–Trinajstić information content (AvgIpc) is 3.10. The molecule has 0 aromatic carbocycles. The van der Waals surface area contributed by atoms with Gasteiger partial charge in [0.05, 0.1) is 6.10 Å². The number of aliphatic carboxylic acids is 1. The van der Waals surface area contributed by atoms with Crippen molar-refractivity contribution in [1.82, 2.24) is 0 Å². The molecule has 0 amide bonds. The molecule has 1 aliphatic heterocycles. The highest BCUT2D eigenvalue weighted by Crippen LogP contribution is 2.47. The Bertz CT molecular complexity index is 488. The largest absolute Gasteiger partial charge is 0.492 e. The van der Waals surface area contributed by atoms with E-state index < -0.39 is 18.2 Å². The normalized spacial score (nSPS) is 31.4. The summed E-state index contributed by atoms with van der Waals surface area (Å²) in [6.45, 7) is 2.13. The van der Waals surface area contributed by atoms with Crippen LogP contribution in [0.2, 0.25) is 0 Å². The minimum absolute atomic E-state index is 0.0902. The lowest BCUT2D eigenvalue weighted by Crippen LogP contribution is -2.21. The first-order valence-corrected chi connectivity index (χ1v) is 9.61. The van der Waals surface area contributed by atoms with E-state index in [4.69, 9.17) is 9.84 Å². The minimum Gasteiger partial charge on any atom is -0.492 e. The van der Waals surface area contributed by atoms with E-state index in [2.05, 4.69) is 6.92 Å². The monoisotopic (exact) mass is 354 g/mol. The number of carbonyl (C=O) groups is 1. The summed E-state index contributed by atoms with van der Waals surface area (Å²) in [6.07, 6.45) is 10.7. The predicted molar refractivity (Wildman–Crippen MR) is 94.8 cm³/mol. The number of alkyl halides is 1. The molecule has 1 heterocycles. The molecule has 1 saturated carbocycles. The zero-order valence-corrected chi connectivity index (χ0v) is 15.1. The number of hydrogen-bond acceptors (Lipinski definition) is 3. The van der Waals surface area contributed by atoms with Crippen LogP contribution < -0.4 is 0 Å². The number of fused-ring (bicyclic) bond motifs is 1. The molecule has 25 heavy (non-hydrogen) atoms. The second kappa shape index (κ2) is 9.95. The second-order valence-corrected chi connectivity index (χ2v) is 7.22. The van der Waals surface area contributed by atoms with Gasteiger partial charge in [0, 0.05) is 12.3 Å². The number of halogens is 1. The van der Waals surface area contributed by atoms with Gasteiger partial charge >= 0.3 is 5.97 Å². The Hall–Kier alpha value is -1.36. The number of carboxylic acids is 1. The van der Waals surface area contributed by atoms with Crippen molar-refractivity contribution < 1.29 is 24.1 Å². The van der Waals surface area contributed by atoms with Gasteiger partial charge in [-0.1, -0.05) is 38.3 Å². The van der Waals surface area contributed by atoms with E-state index in [0.717, 1.165) is 38.5 Å².